The van der Waals surface area contributed by atoms with Crippen LogP contribution in [-0.2, 0) is 0 Å². The highest BCUT2D eigenvalue weighted by atomic mass is 35.5. The number of rotatable bonds is 0. The maximum atomic E-state index is 11.5. The van der Waals surface area contributed by atoms with Crippen LogP contribution in [0.4, 0.5) is 0 Å². The van der Waals surface area contributed by atoms with Crippen molar-refractivity contribution in [1.29, 1.82) is 0 Å². The van der Waals surface area contributed by atoms with Crippen LogP contribution in [0.3, 0.4) is 0 Å². The first kappa shape index (κ1) is 8.91. The summed E-state index contributed by atoms with van der Waals surface area (Å²) in [4.78, 5) is 12.4. The van der Waals surface area contributed by atoms with Crippen molar-refractivity contribution in [3.8, 4) is 0 Å². The molecule has 13 heavy (non-hydrogen) atoms. The Hall–Kier alpha value is -0.670. The van der Waals surface area contributed by atoms with E-state index in [1.807, 2.05) is 24.3 Å². The third-order valence-electron chi connectivity index (χ3n) is 1.81. The summed E-state index contributed by atoms with van der Waals surface area (Å²) < 4.78 is -0.0763. The van der Waals surface area contributed by atoms with E-state index >= 15 is 0 Å². The Balaban J connectivity index is 2.43. The minimum Gasteiger partial charge on any atom is -0.350 e. The van der Waals surface area contributed by atoms with E-state index in [1.54, 1.807) is 0 Å². The molecule has 4 heteroatoms. The molecule has 2 rings (SSSR count). The maximum absolute atomic E-state index is 11.5. The molecule has 1 heterocycles. The Morgan fingerprint density at radius 3 is 3.08 bits per heavy atom. The average Bonchev–Trinajstić information content (AvgIpc) is 2.27. The Labute approximate surface area is 85.7 Å². The van der Waals surface area contributed by atoms with Gasteiger partial charge in [-0.25, -0.2) is 0 Å². The van der Waals surface area contributed by atoms with Gasteiger partial charge >= 0.3 is 0 Å². The summed E-state index contributed by atoms with van der Waals surface area (Å²) in [6.45, 7) is 0.514. The topological polar surface area (TPSA) is 29.1 Å². The fourth-order valence-corrected chi connectivity index (χ4v) is 2.46. The van der Waals surface area contributed by atoms with Gasteiger partial charge in [0.05, 0.1) is 5.56 Å². The zero-order chi connectivity index (χ0) is 9.26. The van der Waals surface area contributed by atoms with E-state index in [2.05, 4.69) is 5.32 Å². The predicted molar refractivity (Wildman–Crippen MR) is 54.3 cm³/mol. The Bertz CT molecular complexity index is 342. The Morgan fingerprint density at radius 1 is 1.46 bits per heavy atom. The largest absolute Gasteiger partial charge is 0.350 e. The second-order valence-corrected chi connectivity index (χ2v) is 4.76. The first-order valence-electron chi connectivity index (χ1n) is 3.95. The molecule has 0 saturated carbocycles. The molecule has 0 saturated heterocycles. The van der Waals surface area contributed by atoms with Gasteiger partial charge in [0.1, 0.15) is 4.71 Å². The van der Waals surface area contributed by atoms with Crippen molar-refractivity contribution in [3.63, 3.8) is 0 Å². The smallest absolute Gasteiger partial charge is 0.252 e. The van der Waals surface area contributed by atoms with Gasteiger partial charge in [-0.15, -0.1) is 23.4 Å². The monoisotopic (exact) mass is 213 g/mol. The van der Waals surface area contributed by atoms with Gasteiger partial charge in [-0.2, -0.15) is 0 Å². The van der Waals surface area contributed by atoms with Gasteiger partial charge < -0.3 is 5.32 Å². The van der Waals surface area contributed by atoms with Gasteiger partial charge in [0.25, 0.3) is 5.91 Å². The second kappa shape index (κ2) is 3.60. The number of alkyl halides is 1. The van der Waals surface area contributed by atoms with Crippen molar-refractivity contribution in [2.45, 2.75) is 9.60 Å². The molecular formula is C9H8ClNOS. The SMILES string of the molecule is O=C1NCC(Cl)Sc2ccccc21. The number of carbonyl (C=O) groups excluding carboxylic acids is 1. The minimum atomic E-state index is -0.0763. The van der Waals surface area contributed by atoms with E-state index in [1.165, 1.54) is 11.8 Å². The summed E-state index contributed by atoms with van der Waals surface area (Å²) in [5.41, 5.74) is 0.718. The number of amides is 1. The molecule has 1 unspecified atom stereocenters. The van der Waals surface area contributed by atoms with Crippen molar-refractivity contribution in [3.05, 3.63) is 29.8 Å². The van der Waals surface area contributed by atoms with Crippen LogP contribution in [0.5, 0.6) is 0 Å². The van der Waals surface area contributed by atoms with Crippen molar-refractivity contribution >= 4 is 29.3 Å². The standard InChI is InChI=1S/C9H8ClNOS/c10-8-5-11-9(12)6-3-1-2-4-7(6)13-8/h1-4,8H,5H2,(H,11,12). The molecule has 0 radical (unpaired) electrons. The maximum Gasteiger partial charge on any atom is 0.252 e. The van der Waals surface area contributed by atoms with Gasteiger partial charge in [0.15, 0.2) is 0 Å². The van der Waals surface area contributed by atoms with Crippen LogP contribution in [0, 0.1) is 0 Å². The van der Waals surface area contributed by atoms with E-state index in [0.717, 1.165) is 10.5 Å². The fraction of sp³-hybridized carbons (Fsp3) is 0.222. The van der Waals surface area contributed by atoms with Gasteiger partial charge in [0.2, 0.25) is 0 Å². The molecule has 0 fully saturated rings. The summed E-state index contributed by atoms with van der Waals surface area (Å²) >= 11 is 7.48. The summed E-state index contributed by atoms with van der Waals surface area (Å²) in [6, 6.07) is 7.49. The van der Waals surface area contributed by atoms with Crippen LogP contribution >= 0.6 is 23.4 Å². The zero-order valence-corrected chi connectivity index (χ0v) is 8.36. The number of thioether (sulfide) groups is 1. The van der Waals surface area contributed by atoms with Crippen molar-refractivity contribution in [2.24, 2.45) is 0 Å². The molecule has 0 spiro atoms. The summed E-state index contributed by atoms with van der Waals surface area (Å²) in [5, 5.41) is 2.76. The van der Waals surface area contributed by atoms with E-state index in [9.17, 15) is 4.79 Å². The normalized spacial score (nSPS) is 21.6. The van der Waals surface area contributed by atoms with Crippen LogP contribution in [0.2, 0.25) is 0 Å². The lowest BCUT2D eigenvalue weighted by molar-refractivity contribution is 0.0953. The Morgan fingerprint density at radius 2 is 2.23 bits per heavy atom. The molecule has 68 valence electrons. The first-order valence-corrected chi connectivity index (χ1v) is 5.27. The number of halogens is 1. The van der Waals surface area contributed by atoms with Crippen molar-refractivity contribution in [2.75, 3.05) is 6.54 Å². The first-order chi connectivity index (χ1) is 6.27. The molecule has 1 aromatic rings. The summed E-state index contributed by atoms with van der Waals surface area (Å²) in [5.74, 6) is -0.0359. The molecule has 0 bridgehead atoms. The van der Waals surface area contributed by atoms with Crippen LogP contribution in [0.25, 0.3) is 0 Å². The van der Waals surface area contributed by atoms with E-state index in [-0.39, 0.29) is 10.6 Å². The van der Waals surface area contributed by atoms with Gasteiger partial charge in [-0.3, -0.25) is 4.79 Å². The van der Waals surface area contributed by atoms with E-state index in [4.69, 9.17) is 11.6 Å². The molecule has 0 aliphatic carbocycles. The predicted octanol–water partition coefficient (Wildman–Crippen LogP) is 2.09. The lowest BCUT2D eigenvalue weighted by Crippen LogP contribution is -2.26. The molecule has 1 aromatic carbocycles. The highest BCUT2D eigenvalue weighted by molar-refractivity contribution is 8.01. The molecular weight excluding hydrogens is 206 g/mol. The summed E-state index contributed by atoms with van der Waals surface area (Å²) in [6.07, 6.45) is 0. The van der Waals surface area contributed by atoms with E-state index < -0.39 is 0 Å². The fourth-order valence-electron chi connectivity index (χ4n) is 1.20. The van der Waals surface area contributed by atoms with Crippen molar-refractivity contribution in [1.82, 2.24) is 5.32 Å². The number of carbonyl (C=O) groups is 1. The lowest BCUT2D eigenvalue weighted by atomic mass is 10.2. The second-order valence-electron chi connectivity index (χ2n) is 2.73. The van der Waals surface area contributed by atoms with Crippen LogP contribution in [0.1, 0.15) is 10.4 Å². The molecule has 1 aliphatic heterocycles. The number of nitrogens with one attached hydrogen (secondary N) is 1. The van der Waals surface area contributed by atoms with E-state index in [0.29, 0.717) is 6.54 Å². The minimum absolute atomic E-state index is 0.0359. The molecule has 1 atom stereocenters. The number of fused-ring (bicyclic) bond motifs is 1. The third-order valence-corrected chi connectivity index (χ3v) is 3.26. The summed E-state index contributed by atoms with van der Waals surface area (Å²) in [7, 11) is 0. The average molecular weight is 214 g/mol. The molecule has 0 aromatic heterocycles. The van der Waals surface area contributed by atoms with Gasteiger partial charge in [-0.1, -0.05) is 12.1 Å². The van der Waals surface area contributed by atoms with Crippen molar-refractivity contribution < 1.29 is 4.79 Å². The number of benzene rings is 1. The third kappa shape index (κ3) is 1.81. The zero-order valence-electron chi connectivity index (χ0n) is 6.79. The number of hydrogen-bond donors (Lipinski definition) is 1. The van der Waals surface area contributed by atoms with Crippen LogP contribution in [-0.4, -0.2) is 17.2 Å². The quantitative estimate of drug-likeness (QED) is 0.669. The molecule has 1 aliphatic rings. The Kier molecular flexibility index (Phi) is 2.47. The number of hydrogen-bond acceptors (Lipinski definition) is 2. The molecule has 2 nitrogen and oxygen atoms in total. The highest BCUT2D eigenvalue weighted by Crippen LogP contribution is 2.30. The lowest BCUT2D eigenvalue weighted by Gasteiger charge is -2.03. The van der Waals surface area contributed by atoms with Gasteiger partial charge in [0, 0.05) is 11.4 Å². The highest BCUT2D eigenvalue weighted by Gasteiger charge is 2.19. The van der Waals surface area contributed by atoms with Crippen LogP contribution < -0.4 is 5.32 Å². The molecule has 1 amide bonds. The molecule has 1 N–H and O–H groups in total. The van der Waals surface area contributed by atoms with Gasteiger partial charge in [-0.05, 0) is 12.1 Å². The van der Waals surface area contributed by atoms with Crippen LogP contribution in [0.15, 0.2) is 29.2 Å².